The smallest absolute Gasteiger partial charge is 0.264 e. The molecule has 2 N–H and O–H groups in total. The zero-order chi connectivity index (χ0) is 14.9. The third-order valence-corrected chi connectivity index (χ3v) is 4.62. The van der Waals surface area contributed by atoms with Gasteiger partial charge < -0.3 is 5.73 Å². The van der Waals surface area contributed by atoms with E-state index in [0.29, 0.717) is 11.6 Å². The average molecular weight is 298 g/mol. The van der Waals surface area contributed by atoms with Gasteiger partial charge in [0.15, 0.2) is 0 Å². The summed E-state index contributed by atoms with van der Waals surface area (Å²) in [6, 6.07) is 1.96. The molecule has 0 spiro atoms. The molecule has 2 unspecified atom stereocenters. The van der Waals surface area contributed by atoms with Crippen LogP contribution in [0.4, 0.5) is 5.69 Å². The van der Waals surface area contributed by atoms with E-state index in [4.69, 9.17) is 9.92 Å². The molecule has 0 bridgehead atoms. The maximum atomic E-state index is 11.3. The monoisotopic (exact) mass is 298 g/mol. The molecule has 1 aromatic rings. The number of hydrogen-bond acceptors (Lipinski definition) is 5. The Bertz CT molecular complexity index is 562. The molecule has 6 heteroatoms. The molecule has 1 aliphatic carbocycles. The minimum Gasteiger partial charge on any atom is -0.397 e. The Balaban J connectivity index is 2.16. The highest BCUT2D eigenvalue weighted by molar-refractivity contribution is 7.86. The van der Waals surface area contributed by atoms with Gasteiger partial charge in [-0.3, -0.25) is 9.17 Å². The molecule has 1 saturated carbocycles. The summed E-state index contributed by atoms with van der Waals surface area (Å²) in [6.07, 6.45) is 6.03. The SMILES string of the molecule is C[C@@H]1CC(c2ccncc2N)C[C@H](C)C1OS(C)(=O)=O. The lowest BCUT2D eigenvalue weighted by Crippen LogP contribution is -2.37. The van der Waals surface area contributed by atoms with Crippen molar-refractivity contribution in [2.75, 3.05) is 12.0 Å². The number of aromatic nitrogens is 1. The van der Waals surface area contributed by atoms with Gasteiger partial charge in [-0.1, -0.05) is 13.8 Å². The second-order valence-corrected chi connectivity index (χ2v) is 7.49. The highest BCUT2D eigenvalue weighted by Gasteiger charge is 2.36. The van der Waals surface area contributed by atoms with Crippen molar-refractivity contribution in [2.45, 2.75) is 38.7 Å². The Hall–Kier alpha value is -1.14. The van der Waals surface area contributed by atoms with E-state index >= 15 is 0 Å². The van der Waals surface area contributed by atoms with Crippen LogP contribution < -0.4 is 5.73 Å². The number of rotatable bonds is 3. The van der Waals surface area contributed by atoms with Crippen molar-refractivity contribution in [3.05, 3.63) is 24.0 Å². The summed E-state index contributed by atoms with van der Waals surface area (Å²) in [7, 11) is -3.41. The molecule has 0 amide bonds. The van der Waals surface area contributed by atoms with Crippen LogP contribution in [-0.2, 0) is 14.3 Å². The molecule has 1 fully saturated rings. The van der Waals surface area contributed by atoms with Crippen LogP contribution in [0, 0.1) is 11.8 Å². The summed E-state index contributed by atoms with van der Waals surface area (Å²) in [5, 5.41) is 0. The highest BCUT2D eigenvalue weighted by Crippen LogP contribution is 2.42. The van der Waals surface area contributed by atoms with Crippen LogP contribution in [-0.4, -0.2) is 25.8 Å². The number of anilines is 1. The molecule has 0 aliphatic heterocycles. The lowest BCUT2D eigenvalue weighted by molar-refractivity contribution is 0.0526. The van der Waals surface area contributed by atoms with Gasteiger partial charge in [0.05, 0.1) is 24.2 Å². The maximum absolute atomic E-state index is 11.3. The van der Waals surface area contributed by atoms with Gasteiger partial charge in [0, 0.05) is 6.20 Å². The topological polar surface area (TPSA) is 82.3 Å². The molecule has 1 aliphatic rings. The first-order valence-corrected chi connectivity index (χ1v) is 8.67. The average Bonchev–Trinajstić information content (AvgIpc) is 2.33. The summed E-state index contributed by atoms with van der Waals surface area (Å²) in [5.74, 6) is 0.680. The first-order valence-electron chi connectivity index (χ1n) is 6.85. The second kappa shape index (κ2) is 5.69. The Morgan fingerprint density at radius 2 is 1.90 bits per heavy atom. The first kappa shape index (κ1) is 15.3. The molecule has 0 aromatic carbocycles. The van der Waals surface area contributed by atoms with Crippen molar-refractivity contribution in [1.29, 1.82) is 0 Å². The zero-order valence-electron chi connectivity index (χ0n) is 12.1. The van der Waals surface area contributed by atoms with E-state index < -0.39 is 10.1 Å². The van der Waals surface area contributed by atoms with Gasteiger partial charge in [-0.05, 0) is 42.2 Å². The summed E-state index contributed by atoms with van der Waals surface area (Å²) in [6.45, 7) is 4.08. The Morgan fingerprint density at radius 1 is 1.30 bits per heavy atom. The van der Waals surface area contributed by atoms with Gasteiger partial charge in [0.25, 0.3) is 10.1 Å². The van der Waals surface area contributed by atoms with Crippen molar-refractivity contribution in [1.82, 2.24) is 4.98 Å². The van der Waals surface area contributed by atoms with Gasteiger partial charge in [-0.15, -0.1) is 0 Å². The molecular formula is C14H22N2O3S. The van der Waals surface area contributed by atoms with E-state index in [1.807, 2.05) is 19.9 Å². The second-order valence-electron chi connectivity index (χ2n) is 5.89. The number of nitrogen functional groups attached to an aromatic ring is 1. The van der Waals surface area contributed by atoms with Crippen molar-refractivity contribution >= 4 is 15.8 Å². The predicted molar refractivity (Wildman–Crippen MR) is 78.7 cm³/mol. The van der Waals surface area contributed by atoms with Gasteiger partial charge in [-0.2, -0.15) is 8.42 Å². The van der Waals surface area contributed by atoms with Crippen LogP contribution in [0.3, 0.4) is 0 Å². The fourth-order valence-electron chi connectivity index (χ4n) is 3.26. The molecule has 0 saturated heterocycles. The Morgan fingerprint density at radius 3 is 2.40 bits per heavy atom. The van der Waals surface area contributed by atoms with Crippen LogP contribution >= 0.6 is 0 Å². The van der Waals surface area contributed by atoms with Gasteiger partial charge in [-0.25, -0.2) is 0 Å². The first-order chi connectivity index (χ1) is 9.28. The van der Waals surface area contributed by atoms with E-state index in [2.05, 4.69) is 4.98 Å². The molecule has 20 heavy (non-hydrogen) atoms. The van der Waals surface area contributed by atoms with E-state index in [0.717, 1.165) is 24.7 Å². The Labute approximate surface area is 120 Å². The van der Waals surface area contributed by atoms with Crippen molar-refractivity contribution in [3.63, 3.8) is 0 Å². The van der Waals surface area contributed by atoms with Crippen LogP contribution in [0.15, 0.2) is 18.5 Å². The van der Waals surface area contributed by atoms with E-state index in [1.165, 1.54) is 0 Å². The van der Waals surface area contributed by atoms with Crippen molar-refractivity contribution in [2.24, 2.45) is 11.8 Å². The minimum atomic E-state index is -3.41. The number of nitrogens with two attached hydrogens (primary N) is 1. The third-order valence-electron chi connectivity index (χ3n) is 4.05. The quantitative estimate of drug-likeness (QED) is 0.865. The number of hydrogen-bond donors (Lipinski definition) is 1. The molecule has 0 radical (unpaired) electrons. The lowest BCUT2D eigenvalue weighted by atomic mass is 9.72. The largest absolute Gasteiger partial charge is 0.397 e. The summed E-state index contributed by atoms with van der Waals surface area (Å²) < 4.78 is 27.9. The molecule has 5 nitrogen and oxygen atoms in total. The fraction of sp³-hybridized carbons (Fsp3) is 0.643. The number of pyridine rings is 1. The maximum Gasteiger partial charge on any atom is 0.264 e. The normalized spacial score (nSPS) is 31.1. The van der Waals surface area contributed by atoms with Crippen molar-refractivity contribution < 1.29 is 12.6 Å². The van der Waals surface area contributed by atoms with Gasteiger partial charge in [0.1, 0.15) is 0 Å². The summed E-state index contributed by atoms with van der Waals surface area (Å²) >= 11 is 0. The van der Waals surface area contributed by atoms with Crippen LogP contribution in [0.2, 0.25) is 0 Å². The van der Waals surface area contributed by atoms with Crippen molar-refractivity contribution in [3.8, 4) is 0 Å². The lowest BCUT2D eigenvalue weighted by Gasteiger charge is -2.38. The van der Waals surface area contributed by atoms with E-state index in [1.54, 1.807) is 12.4 Å². The van der Waals surface area contributed by atoms with Gasteiger partial charge >= 0.3 is 0 Å². The summed E-state index contributed by atoms with van der Waals surface area (Å²) in [4.78, 5) is 4.01. The van der Waals surface area contributed by atoms with Gasteiger partial charge in [0.2, 0.25) is 0 Å². The predicted octanol–water partition coefficient (Wildman–Crippen LogP) is 2.16. The standard InChI is InChI=1S/C14H22N2O3S/c1-9-6-11(12-4-5-16-8-13(12)15)7-10(2)14(9)19-20(3,17)18/h4-5,8-11,14H,6-7,15H2,1-3H3/t9-,10+,11?,14?. The number of nitrogens with zero attached hydrogens (tertiary/aromatic N) is 1. The van der Waals surface area contributed by atoms with Crippen LogP contribution in [0.25, 0.3) is 0 Å². The van der Waals surface area contributed by atoms with E-state index in [9.17, 15) is 8.42 Å². The van der Waals surface area contributed by atoms with Crippen LogP contribution in [0.1, 0.15) is 38.2 Å². The van der Waals surface area contributed by atoms with E-state index in [-0.39, 0.29) is 17.9 Å². The zero-order valence-corrected chi connectivity index (χ0v) is 12.9. The highest BCUT2D eigenvalue weighted by atomic mass is 32.2. The minimum absolute atomic E-state index is 0.172. The molecule has 2 rings (SSSR count). The molecule has 112 valence electrons. The molecule has 1 heterocycles. The molecule has 1 aromatic heterocycles. The molecular weight excluding hydrogens is 276 g/mol. The summed E-state index contributed by atoms with van der Waals surface area (Å²) in [5.41, 5.74) is 7.80. The fourth-order valence-corrected chi connectivity index (χ4v) is 4.04. The third kappa shape index (κ3) is 3.49. The Kier molecular flexibility index (Phi) is 4.34. The van der Waals surface area contributed by atoms with Crippen LogP contribution in [0.5, 0.6) is 0 Å². The molecule has 4 atom stereocenters.